The van der Waals surface area contributed by atoms with Crippen LogP contribution in [0, 0.1) is 0 Å². The van der Waals surface area contributed by atoms with Crippen molar-refractivity contribution in [2.75, 3.05) is 0 Å². The lowest BCUT2D eigenvalue weighted by Crippen LogP contribution is -2.57. The average Bonchev–Trinajstić information content (AvgIpc) is 3.56. The average molecular weight is 688 g/mol. The Labute approximate surface area is 312 Å². The predicted molar refractivity (Wildman–Crippen MR) is 224 cm³/mol. The molecule has 0 N–H and O–H groups in total. The summed E-state index contributed by atoms with van der Waals surface area (Å²) in [6.07, 6.45) is 0. The zero-order valence-electron chi connectivity index (χ0n) is 29.2. The summed E-state index contributed by atoms with van der Waals surface area (Å²) in [7, 11) is 0. The van der Waals surface area contributed by atoms with Gasteiger partial charge in [-0.3, -0.25) is 0 Å². The lowest BCUT2D eigenvalue weighted by atomic mass is 9.35. The van der Waals surface area contributed by atoms with Crippen LogP contribution in [0.15, 0.2) is 182 Å². The van der Waals surface area contributed by atoms with E-state index in [0.717, 1.165) is 56.1 Å². The van der Waals surface area contributed by atoms with E-state index in [1.807, 2.05) is 12.1 Å². The van der Waals surface area contributed by atoms with Crippen LogP contribution >= 0.6 is 0 Å². The molecule has 3 nitrogen and oxygen atoms in total. The van der Waals surface area contributed by atoms with Crippen molar-refractivity contribution >= 4 is 66.5 Å². The zero-order chi connectivity index (χ0) is 35.3. The lowest BCUT2D eigenvalue weighted by Gasteiger charge is -2.33. The molecule has 4 heteroatoms. The predicted octanol–water partition coefficient (Wildman–Crippen LogP) is 11.2. The van der Waals surface area contributed by atoms with E-state index in [-0.39, 0.29) is 6.71 Å². The molecule has 0 saturated heterocycles. The van der Waals surface area contributed by atoms with E-state index in [1.54, 1.807) is 0 Å². The normalized spacial score (nSPS) is 12.7. The van der Waals surface area contributed by atoms with Gasteiger partial charge in [-0.15, -0.1) is 0 Å². The first-order valence-corrected chi connectivity index (χ1v) is 18.5. The van der Waals surface area contributed by atoms with Gasteiger partial charge < -0.3 is 14.0 Å². The highest BCUT2D eigenvalue weighted by Gasteiger charge is 2.40. The smallest absolute Gasteiger partial charge is 0.260 e. The maximum Gasteiger partial charge on any atom is 0.260 e. The second-order valence-corrected chi connectivity index (χ2v) is 14.4. The van der Waals surface area contributed by atoms with Crippen LogP contribution in [0.2, 0.25) is 0 Å². The molecule has 10 aromatic rings. The fourth-order valence-corrected chi connectivity index (χ4v) is 9.27. The zero-order valence-corrected chi connectivity index (χ0v) is 29.2. The highest BCUT2D eigenvalue weighted by Crippen LogP contribution is 2.45. The third kappa shape index (κ3) is 4.14. The second-order valence-electron chi connectivity index (χ2n) is 14.4. The molecule has 9 aromatic carbocycles. The first kappa shape index (κ1) is 29.5. The number of nitrogens with zero attached hydrogens (tertiary/aromatic N) is 1. The van der Waals surface area contributed by atoms with Crippen LogP contribution in [0.25, 0.3) is 71.3 Å². The number of aromatic nitrogens is 1. The summed E-state index contributed by atoms with van der Waals surface area (Å²) >= 11 is 0. The van der Waals surface area contributed by atoms with Crippen molar-refractivity contribution in [3.05, 3.63) is 182 Å². The minimum Gasteiger partial charge on any atom is -0.458 e. The largest absolute Gasteiger partial charge is 0.458 e. The van der Waals surface area contributed by atoms with Gasteiger partial charge in [-0.25, -0.2) is 0 Å². The van der Waals surface area contributed by atoms with Gasteiger partial charge in [0.15, 0.2) is 0 Å². The van der Waals surface area contributed by atoms with Gasteiger partial charge in [0.05, 0.1) is 16.7 Å². The van der Waals surface area contributed by atoms with Gasteiger partial charge in [0.2, 0.25) is 0 Å². The van der Waals surface area contributed by atoms with Gasteiger partial charge in [-0.05, 0) is 85.1 Å². The Morgan fingerprint density at radius 1 is 0.352 bits per heavy atom. The molecule has 0 amide bonds. The molecule has 0 atom stereocenters. The summed E-state index contributed by atoms with van der Waals surface area (Å²) in [6.45, 7) is 0.0394. The molecule has 1 aromatic heterocycles. The summed E-state index contributed by atoms with van der Waals surface area (Å²) in [5.41, 5.74) is 11.6. The van der Waals surface area contributed by atoms with Crippen molar-refractivity contribution in [2.24, 2.45) is 0 Å². The second kappa shape index (κ2) is 11.2. The molecule has 0 unspecified atom stereocenters. The fraction of sp³-hybridized carbons (Fsp3) is 0. The van der Waals surface area contributed by atoms with E-state index < -0.39 is 0 Å². The van der Waals surface area contributed by atoms with E-state index in [0.29, 0.717) is 0 Å². The van der Waals surface area contributed by atoms with E-state index in [9.17, 15) is 0 Å². The first-order chi connectivity index (χ1) is 26.8. The number of benzene rings is 9. The summed E-state index contributed by atoms with van der Waals surface area (Å²) in [4.78, 5) is 0. The molecule has 0 aliphatic carbocycles. The van der Waals surface area contributed by atoms with Crippen LogP contribution < -0.4 is 25.9 Å². The van der Waals surface area contributed by atoms with Crippen LogP contribution in [0.5, 0.6) is 23.0 Å². The molecule has 250 valence electrons. The van der Waals surface area contributed by atoms with Gasteiger partial charge >= 0.3 is 0 Å². The first-order valence-electron chi connectivity index (χ1n) is 18.5. The Hall–Kier alpha value is -7.04. The SMILES string of the molecule is c1ccc(-c2c3ccccc3c(-c3ccc4c(c3)c3ccccc3n4-c3cc4c5c(c3)Oc3ccccc3B5c3ccccc3O4)c3ccccc23)cc1. The third-order valence-corrected chi connectivity index (χ3v) is 11.5. The Kier molecular flexibility index (Phi) is 6.14. The minimum atomic E-state index is 0.0394. The number of hydrogen-bond donors (Lipinski definition) is 0. The quantitative estimate of drug-likeness (QED) is 0.136. The Bertz CT molecular complexity index is 3050. The molecule has 2 aliphatic heterocycles. The van der Waals surface area contributed by atoms with E-state index >= 15 is 0 Å². The van der Waals surface area contributed by atoms with Crippen LogP contribution in [0.1, 0.15) is 0 Å². The highest BCUT2D eigenvalue weighted by molar-refractivity contribution is 6.98. The van der Waals surface area contributed by atoms with Crippen LogP contribution in [0.4, 0.5) is 0 Å². The maximum atomic E-state index is 6.71. The molecule has 0 radical (unpaired) electrons. The number of para-hydroxylation sites is 3. The molecule has 2 aliphatic rings. The summed E-state index contributed by atoms with van der Waals surface area (Å²) < 4.78 is 15.8. The highest BCUT2D eigenvalue weighted by atomic mass is 16.5. The van der Waals surface area contributed by atoms with Crippen molar-refractivity contribution in [1.82, 2.24) is 4.57 Å². The topological polar surface area (TPSA) is 23.4 Å². The molecule has 12 rings (SSSR count). The third-order valence-electron chi connectivity index (χ3n) is 11.5. The molecule has 3 heterocycles. The number of rotatable bonds is 3. The molecular weight excluding hydrogens is 657 g/mol. The molecule has 0 fully saturated rings. The van der Waals surface area contributed by atoms with Gasteiger partial charge in [0.1, 0.15) is 23.0 Å². The van der Waals surface area contributed by atoms with Crippen molar-refractivity contribution in [3.8, 4) is 50.9 Å². The van der Waals surface area contributed by atoms with Crippen molar-refractivity contribution in [2.45, 2.75) is 0 Å². The number of hydrogen-bond acceptors (Lipinski definition) is 2. The van der Waals surface area contributed by atoms with Crippen LogP contribution in [-0.4, -0.2) is 11.3 Å². The van der Waals surface area contributed by atoms with E-state index in [4.69, 9.17) is 9.47 Å². The van der Waals surface area contributed by atoms with Crippen LogP contribution in [0.3, 0.4) is 0 Å². The standard InChI is InChI=1S/C50H30BNO2/c1-2-14-31(15-3-1)48-35-17-4-6-19-37(35)49(38-20-7-5-18-36(38)48)32-26-27-43-39(28-32)34-16-8-11-23-42(34)52(43)33-29-46-50-47(30-33)54-45-25-13-10-22-41(45)51(50)40-21-9-12-24-44(40)53-46/h1-30H. The van der Waals surface area contributed by atoms with Crippen molar-refractivity contribution in [1.29, 1.82) is 0 Å². The summed E-state index contributed by atoms with van der Waals surface area (Å²) in [6, 6.07) is 65.4. The Balaban J connectivity index is 1.10. The Morgan fingerprint density at radius 2 is 0.833 bits per heavy atom. The van der Waals surface area contributed by atoms with E-state index in [2.05, 4.69) is 174 Å². The lowest BCUT2D eigenvalue weighted by molar-refractivity contribution is 0.464. The number of ether oxygens (including phenoxy) is 2. The Morgan fingerprint density at radius 3 is 1.44 bits per heavy atom. The number of fused-ring (bicyclic) bond motifs is 9. The molecule has 0 saturated carbocycles. The van der Waals surface area contributed by atoms with Crippen molar-refractivity contribution < 1.29 is 9.47 Å². The fourth-order valence-electron chi connectivity index (χ4n) is 9.27. The van der Waals surface area contributed by atoms with Gasteiger partial charge in [0, 0.05) is 28.4 Å². The molecular formula is C50H30BNO2. The summed E-state index contributed by atoms with van der Waals surface area (Å²) in [5, 5.41) is 7.40. The van der Waals surface area contributed by atoms with Crippen LogP contribution in [-0.2, 0) is 0 Å². The van der Waals surface area contributed by atoms with E-state index in [1.165, 1.54) is 54.6 Å². The van der Waals surface area contributed by atoms with Gasteiger partial charge in [0.25, 0.3) is 6.71 Å². The van der Waals surface area contributed by atoms with Gasteiger partial charge in [-0.1, -0.05) is 140 Å². The van der Waals surface area contributed by atoms with Crippen molar-refractivity contribution in [3.63, 3.8) is 0 Å². The summed E-state index contributed by atoms with van der Waals surface area (Å²) in [5.74, 6) is 3.44. The molecule has 54 heavy (non-hydrogen) atoms. The minimum absolute atomic E-state index is 0.0394. The monoisotopic (exact) mass is 687 g/mol. The molecule has 0 bridgehead atoms. The van der Waals surface area contributed by atoms with Gasteiger partial charge in [-0.2, -0.15) is 0 Å². The maximum absolute atomic E-state index is 6.71. The molecule has 0 spiro atoms.